The van der Waals surface area contributed by atoms with Crippen LogP contribution in [0.3, 0.4) is 0 Å². The van der Waals surface area contributed by atoms with Crippen molar-refractivity contribution < 1.29 is 56.4 Å². The van der Waals surface area contributed by atoms with E-state index >= 15 is 8.96 Å². The summed E-state index contributed by atoms with van der Waals surface area (Å²) in [4.78, 5) is 40.3. The van der Waals surface area contributed by atoms with E-state index in [1.165, 1.54) is 10.9 Å². The van der Waals surface area contributed by atoms with Crippen molar-refractivity contribution in [3.8, 4) is 23.8 Å². The fourth-order valence-electron chi connectivity index (χ4n) is 11.7. The van der Waals surface area contributed by atoms with E-state index in [2.05, 4.69) is 33.2 Å². The third kappa shape index (κ3) is 14.9. The largest absolute Gasteiger partial charge is 0.497 e. The van der Waals surface area contributed by atoms with Gasteiger partial charge in [-0.25, -0.2) is 19.4 Å². The second kappa shape index (κ2) is 30.2. The maximum absolute atomic E-state index is 16.7. The molecule has 1 aliphatic rings. The fraction of sp³-hybridized carbons (Fsp3) is 0.292. The number of hydrogen-bond acceptors (Lipinski definition) is 14. The summed E-state index contributed by atoms with van der Waals surface area (Å²) in [6.45, 7) is 0.557. The number of fused-ring (bicyclic) bond motifs is 1. The van der Waals surface area contributed by atoms with Crippen molar-refractivity contribution in [1.82, 2.24) is 24.6 Å². The molecule has 3 N–H and O–H groups in total. The number of rotatable bonds is 32. The number of carbonyl (C=O) groups excluding carboxylic acids is 1. The zero-order valence-electron chi connectivity index (χ0n) is 51.1. The Morgan fingerprint density at radius 1 is 0.714 bits per heavy atom. The fourth-order valence-corrected chi connectivity index (χ4v) is 13.1. The number of carboxylic acids is 1. The van der Waals surface area contributed by atoms with Crippen LogP contribution in [0, 0.1) is 18.4 Å². The van der Waals surface area contributed by atoms with E-state index in [1.54, 1.807) is 44.6 Å². The Labute approximate surface area is 529 Å². The van der Waals surface area contributed by atoms with Crippen molar-refractivity contribution in [2.75, 3.05) is 39.4 Å². The van der Waals surface area contributed by atoms with Crippen LogP contribution in [0.25, 0.3) is 11.2 Å². The predicted octanol–water partition coefficient (Wildman–Crippen LogP) is 13.8. The van der Waals surface area contributed by atoms with E-state index in [-0.39, 0.29) is 36.4 Å². The lowest BCUT2D eigenvalue weighted by Crippen LogP contribution is -2.49. The van der Waals surface area contributed by atoms with Crippen LogP contribution in [0.15, 0.2) is 207 Å². The molecule has 91 heavy (non-hydrogen) atoms. The molecule has 19 heteroatoms. The first kappa shape index (κ1) is 64.9. The molecule has 0 radical (unpaired) electrons. The lowest BCUT2D eigenvalue weighted by molar-refractivity contribution is -0.147. The first-order chi connectivity index (χ1) is 44.4. The number of ether oxygens (including phenoxy) is 5. The third-order valence-corrected chi connectivity index (χ3v) is 17.9. The summed E-state index contributed by atoms with van der Waals surface area (Å²) in [5.41, 5.74) is 0.264. The van der Waals surface area contributed by atoms with Crippen LogP contribution < -0.4 is 19.9 Å². The highest BCUT2D eigenvalue weighted by Gasteiger charge is 2.56. The highest BCUT2D eigenvalue weighted by atomic mass is 31.2. The molecule has 470 valence electrons. The summed E-state index contributed by atoms with van der Waals surface area (Å²) in [6, 6.07) is 60.4. The molecule has 0 aliphatic carbocycles. The van der Waals surface area contributed by atoms with Gasteiger partial charge in [-0.1, -0.05) is 227 Å². The molecule has 2 aromatic heterocycles. The molecule has 3 heterocycles. The quantitative estimate of drug-likeness (QED) is 0.00896. The van der Waals surface area contributed by atoms with Crippen LogP contribution in [0.2, 0.25) is 0 Å². The second-order valence-electron chi connectivity index (χ2n) is 22.2. The number of hydrogen-bond donors (Lipinski definition) is 3. The van der Waals surface area contributed by atoms with E-state index in [9.17, 15) is 14.7 Å². The van der Waals surface area contributed by atoms with Gasteiger partial charge in [-0.05, 0) is 76.1 Å². The number of anilines is 1. The van der Waals surface area contributed by atoms with Gasteiger partial charge in [0.25, 0.3) is 0 Å². The van der Waals surface area contributed by atoms with Crippen LogP contribution in [0.4, 0.5) is 10.2 Å². The zero-order valence-corrected chi connectivity index (χ0v) is 52.0. The molecule has 1 fully saturated rings. The van der Waals surface area contributed by atoms with E-state index in [4.69, 9.17) is 44.1 Å². The number of imidazole rings is 1. The van der Waals surface area contributed by atoms with Gasteiger partial charge in [0.15, 0.2) is 29.2 Å². The average molecular weight is 1250 g/mol. The number of aromatic nitrogens is 4. The highest BCUT2D eigenvalue weighted by Crippen LogP contribution is 2.52. The lowest BCUT2D eigenvalue weighted by Gasteiger charge is -2.41. The number of aliphatic carboxylic acids is 1. The lowest BCUT2D eigenvalue weighted by atomic mass is 9.77. The van der Waals surface area contributed by atoms with Crippen molar-refractivity contribution in [1.29, 1.82) is 0 Å². The standard InChI is InChI=1S/C72H74FN6O11P/c1-5-7-8-9-10-11-27-46-86-64(80)49-87-91(83,78-61(68(81)82)47-52-28-17-12-18-29-52)88-50-70(6-2)62(89-72(56-34-23-15-24-35-56,57-36-25-16-26-37-57)58-40-44-60(85-4)45-41-58)48-63(90-70)79-51-74-65-66(75-69(73)76-67(65)79)77-71(53-30-19-13-20-31-53,54-32-21-14-22-33-54)55-38-42-59(84-3)43-39-55/h2,12-26,28-45,51,61-63H,5,7-11,27,46-50H2,1,3-4H3,(H,78,83)(H,81,82)(H,75,76,77)/t61-,62-,63+,70+,91?/m0/s1. The van der Waals surface area contributed by atoms with Gasteiger partial charge < -0.3 is 34.1 Å². The molecule has 0 spiro atoms. The van der Waals surface area contributed by atoms with E-state index in [0.717, 1.165) is 55.2 Å². The van der Waals surface area contributed by atoms with Gasteiger partial charge in [-0.2, -0.15) is 14.4 Å². The van der Waals surface area contributed by atoms with Gasteiger partial charge in [0.1, 0.15) is 47.6 Å². The molecule has 1 saturated heterocycles. The number of benzene rings is 7. The number of halogens is 1. The van der Waals surface area contributed by atoms with Crippen LogP contribution in [-0.2, 0) is 55.0 Å². The van der Waals surface area contributed by atoms with Crippen molar-refractivity contribution in [3.63, 3.8) is 0 Å². The van der Waals surface area contributed by atoms with Gasteiger partial charge in [0, 0.05) is 6.42 Å². The van der Waals surface area contributed by atoms with Crippen LogP contribution in [0.5, 0.6) is 11.5 Å². The number of carboxylic acid groups (broad SMARTS) is 1. The highest BCUT2D eigenvalue weighted by molar-refractivity contribution is 7.51. The molecule has 0 bridgehead atoms. The Morgan fingerprint density at radius 3 is 1.76 bits per heavy atom. The van der Waals surface area contributed by atoms with E-state index in [0.29, 0.717) is 40.2 Å². The molecule has 0 amide bonds. The summed E-state index contributed by atoms with van der Waals surface area (Å²) >= 11 is 0. The normalized spacial score (nSPS) is 16.7. The molecule has 5 atom stereocenters. The van der Waals surface area contributed by atoms with Crippen molar-refractivity contribution in [3.05, 3.63) is 252 Å². The first-order valence-corrected chi connectivity index (χ1v) is 32.0. The Kier molecular flexibility index (Phi) is 21.5. The molecular formula is C72H74FN6O11P. The van der Waals surface area contributed by atoms with E-state index < -0.39 is 74.1 Å². The van der Waals surface area contributed by atoms with Crippen molar-refractivity contribution in [2.24, 2.45) is 0 Å². The summed E-state index contributed by atoms with van der Waals surface area (Å²) in [5, 5.41) is 17.0. The molecule has 1 aliphatic heterocycles. The van der Waals surface area contributed by atoms with Gasteiger partial charge in [-0.15, -0.1) is 6.42 Å². The smallest absolute Gasteiger partial charge is 0.406 e. The molecule has 10 rings (SSSR count). The zero-order chi connectivity index (χ0) is 63.7. The summed E-state index contributed by atoms with van der Waals surface area (Å²) in [7, 11) is -1.80. The number of nitrogens with zero attached hydrogens (tertiary/aromatic N) is 4. The summed E-state index contributed by atoms with van der Waals surface area (Å²) in [5.74, 6) is 1.82. The molecule has 0 saturated carbocycles. The van der Waals surface area contributed by atoms with Crippen molar-refractivity contribution >= 4 is 36.7 Å². The van der Waals surface area contributed by atoms with Crippen LogP contribution in [0.1, 0.15) is 103 Å². The number of terminal acetylenes is 1. The monoisotopic (exact) mass is 1250 g/mol. The minimum absolute atomic E-state index is 0.000620. The Hall–Kier alpha value is -9.05. The predicted molar refractivity (Wildman–Crippen MR) is 345 cm³/mol. The topological polar surface area (TPSA) is 204 Å². The SMILES string of the molecule is C#C[C@]1(COP(=O)(N[C@@H](Cc2ccccc2)C(=O)O)OCC(=O)OCCCCCCCCC)O[C@@H](n2cnc3c(NC(c4ccccc4)(c4ccccc4)c4ccc(OC)cc4)nc(F)nc32)C[C@@H]1OC(c1ccccc1)(c1ccccc1)c1ccc(OC)cc1. The third-order valence-electron chi connectivity index (χ3n) is 16.4. The van der Waals surface area contributed by atoms with Crippen molar-refractivity contribution in [2.45, 2.75) is 99.8 Å². The Balaban J connectivity index is 1.08. The molecule has 9 aromatic rings. The van der Waals surface area contributed by atoms with Gasteiger partial charge in [-0.3, -0.25) is 18.4 Å². The number of carbonyl (C=O) groups is 2. The second-order valence-corrected chi connectivity index (χ2v) is 24.0. The molecular weight excluding hydrogens is 1170 g/mol. The first-order valence-electron chi connectivity index (χ1n) is 30.5. The molecule has 7 aromatic carbocycles. The number of nitrogens with one attached hydrogen (secondary N) is 2. The molecule has 1 unspecified atom stereocenters. The van der Waals surface area contributed by atoms with Gasteiger partial charge in [0.2, 0.25) is 0 Å². The summed E-state index contributed by atoms with van der Waals surface area (Å²) in [6.07, 6.45) is 11.3. The molecule has 17 nitrogen and oxygen atoms in total. The number of methoxy groups -OCH3 is 2. The van der Waals surface area contributed by atoms with Gasteiger partial charge >= 0.3 is 25.8 Å². The van der Waals surface area contributed by atoms with Gasteiger partial charge in [0.05, 0.1) is 27.2 Å². The minimum atomic E-state index is -4.96. The van der Waals surface area contributed by atoms with Crippen LogP contribution in [-0.4, -0.2) is 88.4 Å². The maximum atomic E-state index is 16.7. The number of esters is 1. The average Bonchev–Trinajstić information content (AvgIpc) is 1.74. The Bertz CT molecular complexity index is 3830. The maximum Gasteiger partial charge on any atom is 0.406 e. The van der Waals surface area contributed by atoms with E-state index in [1.807, 2.05) is 170 Å². The number of unbranched alkanes of at least 4 members (excludes halogenated alkanes) is 6. The van der Waals surface area contributed by atoms with Crippen LogP contribution >= 0.6 is 7.75 Å². The minimum Gasteiger partial charge on any atom is -0.497 e. The Morgan fingerprint density at radius 2 is 1.22 bits per heavy atom. The summed E-state index contributed by atoms with van der Waals surface area (Å²) < 4.78 is 77.7.